The van der Waals surface area contributed by atoms with Crippen molar-refractivity contribution in [1.29, 1.82) is 0 Å². The molecule has 0 bridgehead atoms. The quantitative estimate of drug-likeness (QED) is 0.417. The topological polar surface area (TPSA) is 0 Å². The predicted octanol–water partition coefficient (Wildman–Crippen LogP) is 3.12. The molecule has 1 aliphatic rings. The van der Waals surface area contributed by atoms with E-state index in [1.165, 1.54) is 31.3 Å². The van der Waals surface area contributed by atoms with Crippen LogP contribution < -0.4 is 0 Å². The van der Waals surface area contributed by atoms with Crippen LogP contribution in [0.2, 0.25) is 0 Å². The van der Waals surface area contributed by atoms with Crippen molar-refractivity contribution in [2.75, 3.05) is 5.88 Å². The van der Waals surface area contributed by atoms with E-state index in [-0.39, 0.29) is 0 Å². The number of alkyl halides is 1. The Labute approximate surface area is 73.6 Å². The van der Waals surface area contributed by atoms with Gasteiger partial charge in [-0.2, -0.15) is 0 Å². The summed E-state index contributed by atoms with van der Waals surface area (Å²) in [7, 11) is 0. The first-order valence-electron chi connectivity index (χ1n) is 4.17. The molecule has 0 aliphatic heterocycles. The fraction of sp³-hybridized carbons (Fsp3) is 0.600. The highest BCUT2D eigenvalue weighted by atomic mass is 35.5. The van der Waals surface area contributed by atoms with Gasteiger partial charge in [0.15, 0.2) is 0 Å². The van der Waals surface area contributed by atoms with Crippen molar-refractivity contribution in [3.63, 3.8) is 0 Å². The van der Waals surface area contributed by atoms with Crippen LogP contribution in [0, 0.1) is 11.8 Å². The number of allylic oxidation sites excluding steroid dienone is 2. The summed E-state index contributed by atoms with van der Waals surface area (Å²) in [6.45, 7) is 0. The van der Waals surface area contributed by atoms with Gasteiger partial charge < -0.3 is 0 Å². The summed E-state index contributed by atoms with van der Waals surface area (Å²) in [5.41, 5.74) is 1.32. The van der Waals surface area contributed by atoms with Crippen molar-refractivity contribution in [2.24, 2.45) is 0 Å². The lowest BCUT2D eigenvalue weighted by Crippen LogP contribution is -1.88. The maximum absolute atomic E-state index is 5.50. The Bertz CT molecular complexity index is 193. The largest absolute Gasteiger partial charge is 0.126 e. The number of halogens is 1. The molecule has 0 atom stereocenters. The van der Waals surface area contributed by atoms with Gasteiger partial charge in [-0.15, -0.1) is 11.6 Å². The first-order valence-corrected chi connectivity index (χ1v) is 4.71. The van der Waals surface area contributed by atoms with Crippen LogP contribution in [-0.2, 0) is 0 Å². The summed E-state index contributed by atoms with van der Waals surface area (Å²) in [4.78, 5) is 0. The van der Waals surface area contributed by atoms with Crippen LogP contribution in [0.15, 0.2) is 11.6 Å². The molecule has 0 radical (unpaired) electrons. The van der Waals surface area contributed by atoms with E-state index in [1.54, 1.807) is 0 Å². The second-order valence-corrected chi connectivity index (χ2v) is 3.09. The minimum atomic E-state index is 0.653. The van der Waals surface area contributed by atoms with Gasteiger partial charge in [0.25, 0.3) is 0 Å². The molecule has 0 heterocycles. The van der Waals surface area contributed by atoms with E-state index >= 15 is 0 Å². The molecule has 0 aromatic rings. The Kier molecular flexibility index (Phi) is 4.16. The van der Waals surface area contributed by atoms with Crippen molar-refractivity contribution in [3.8, 4) is 11.8 Å². The molecule has 60 valence electrons. The Morgan fingerprint density at radius 2 is 2.36 bits per heavy atom. The van der Waals surface area contributed by atoms with Crippen LogP contribution >= 0.6 is 11.6 Å². The molecular weight excluding hydrogens is 156 g/mol. The summed E-state index contributed by atoms with van der Waals surface area (Å²) in [5, 5.41) is 0. The SMILES string of the molecule is ClCCC#CC1=CCCCC1. The van der Waals surface area contributed by atoms with Crippen molar-refractivity contribution >= 4 is 11.6 Å². The highest BCUT2D eigenvalue weighted by Crippen LogP contribution is 2.15. The van der Waals surface area contributed by atoms with Crippen molar-refractivity contribution < 1.29 is 0 Å². The smallest absolute Gasteiger partial charge is 0.0333 e. The van der Waals surface area contributed by atoms with Gasteiger partial charge in [-0.05, 0) is 31.3 Å². The van der Waals surface area contributed by atoms with E-state index in [4.69, 9.17) is 11.6 Å². The molecule has 0 fully saturated rings. The van der Waals surface area contributed by atoms with Gasteiger partial charge in [-0.25, -0.2) is 0 Å². The molecule has 0 unspecified atom stereocenters. The minimum absolute atomic E-state index is 0.653. The van der Waals surface area contributed by atoms with Crippen molar-refractivity contribution in [3.05, 3.63) is 11.6 Å². The van der Waals surface area contributed by atoms with Gasteiger partial charge in [-0.1, -0.05) is 17.9 Å². The summed E-state index contributed by atoms with van der Waals surface area (Å²) in [6.07, 6.45) is 8.10. The molecule has 1 aliphatic carbocycles. The second kappa shape index (κ2) is 5.27. The van der Waals surface area contributed by atoms with Gasteiger partial charge in [0.05, 0.1) is 0 Å². The van der Waals surface area contributed by atoms with Gasteiger partial charge in [0.2, 0.25) is 0 Å². The maximum atomic E-state index is 5.50. The van der Waals surface area contributed by atoms with E-state index in [9.17, 15) is 0 Å². The molecule has 0 nitrogen and oxygen atoms in total. The first kappa shape index (κ1) is 8.68. The predicted molar refractivity (Wildman–Crippen MR) is 49.7 cm³/mol. The minimum Gasteiger partial charge on any atom is -0.126 e. The second-order valence-electron chi connectivity index (χ2n) is 2.72. The third-order valence-electron chi connectivity index (χ3n) is 1.76. The zero-order chi connectivity index (χ0) is 7.94. The Morgan fingerprint density at radius 3 is 3.00 bits per heavy atom. The first-order chi connectivity index (χ1) is 5.43. The highest BCUT2D eigenvalue weighted by molar-refractivity contribution is 6.18. The zero-order valence-corrected chi connectivity index (χ0v) is 7.45. The molecule has 1 heteroatoms. The Hall–Kier alpha value is -0.410. The van der Waals surface area contributed by atoms with Crippen LogP contribution in [0.3, 0.4) is 0 Å². The molecule has 0 saturated heterocycles. The molecule has 0 aromatic heterocycles. The van der Waals surface area contributed by atoms with Crippen molar-refractivity contribution in [2.45, 2.75) is 32.1 Å². The molecule has 11 heavy (non-hydrogen) atoms. The molecule has 0 amide bonds. The molecule has 0 N–H and O–H groups in total. The summed E-state index contributed by atoms with van der Waals surface area (Å²) in [6, 6.07) is 0. The highest BCUT2D eigenvalue weighted by Gasteiger charge is 1.98. The third-order valence-corrected chi connectivity index (χ3v) is 1.95. The van der Waals surface area contributed by atoms with E-state index in [1.807, 2.05) is 0 Å². The lowest BCUT2D eigenvalue weighted by molar-refractivity contribution is 0.715. The van der Waals surface area contributed by atoms with E-state index < -0.39 is 0 Å². The molecular formula is C10H13Cl. The Morgan fingerprint density at radius 1 is 1.45 bits per heavy atom. The maximum Gasteiger partial charge on any atom is 0.0333 e. The number of rotatable bonds is 1. The zero-order valence-electron chi connectivity index (χ0n) is 6.70. The van der Waals surface area contributed by atoms with Crippen LogP contribution in [0.5, 0.6) is 0 Å². The van der Waals surface area contributed by atoms with E-state index in [0.29, 0.717) is 5.88 Å². The monoisotopic (exact) mass is 168 g/mol. The van der Waals surface area contributed by atoms with E-state index in [2.05, 4.69) is 17.9 Å². The normalized spacial score (nSPS) is 16.6. The number of hydrogen-bond donors (Lipinski definition) is 0. The van der Waals surface area contributed by atoms with Gasteiger partial charge in [0, 0.05) is 12.3 Å². The molecule has 0 spiro atoms. The van der Waals surface area contributed by atoms with Gasteiger partial charge >= 0.3 is 0 Å². The lowest BCUT2D eigenvalue weighted by atomic mass is 10.0. The van der Waals surface area contributed by atoms with Crippen LogP contribution in [0.1, 0.15) is 32.1 Å². The molecule has 0 aromatic carbocycles. The number of hydrogen-bond acceptors (Lipinski definition) is 0. The van der Waals surface area contributed by atoms with Crippen LogP contribution in [0.25, 0.3) is 0 Å². The molecule has 1 rings (SSSR count). The fourth-order valence-electron chi connectivity index (χ4n) is 1.17. The summed E-state index contributed by atoms with van der Waals surface area (Å²) < 4.78 is 0. The third kappa shape index (κ3) is 3.49. The van der Waals surface area contributed by atoms with Gasteiger partial charge in [-0.3, -0.25) is 0 Å². The standard InChI is InChI=1S/C10H13Cl/c11-9-5-4-8-10-6-2-1-3-7-10/h6H,1-3,5,7,9H2. The van der Waals surface area contributed by atoms with Crippen LogP contribution in [-0.4, -0.2) is 5.88 Å². The van der Waals surface area contributed by atoms with E-state index in [0.717, 1.165) is 6.42 Å². The fourth-order valence-corrected chi connectivity index (χ4v) is 1.27. The average Bonchev–Trinajstić information content (AvgIpc) is 2.07. The summed E-state index contributed by atoms with van der Waals surface area (Å²) >= 11 is 5.50. The lowest BCUT2D eigenvalue weighted by Gasteiger charge is -2.05. The Balaban J connectivity index is 2.36. The van der Waals surface area contributed by atoms with Crippen molar-refractivity contribution in [1.82, 2.24) is 0 Å². The molecule has 0 saturated carbocycles. The van der Waals surface area contributed by atoms with Gasteiger partial charge in [0.1, 0.15) is 0 Å². The average molecular weight is 169 g/mol. The van der Waals surface area contributed by atoms with Crippen LogP contribution in [0.4, 0.5) is 0 Å². The summed E-state index contributed by atoms with van der Waals surface area (Å²) in [5.74, 6) is 6.86.